The van der Waals surface area contributed by atoms with Gasteiger partial charge in [0, 0.05) is 21.0 Å². The Labute approximate surface area is 98.6 Å². The van der Waals surface area contributed by atoms with Crippen molar-refractivity contribution in [3.63, 3.8) is 0 Å². The molecule has 0 fully saturated rings. The Morgan fingerprint density at radius 3 is 2.60 bits per heavy atom. The van der Waals surface area contributed by atoms with Crippen molar-refractivity contribution in [2.24, 2.45) is 0 Å². The molecule has 4 heteroatoms. The van der Waals surface area contributed by atoms with Gasteiger partial charge in [0.05, 0.1) is 5.69 Å². The van der Waals surface area contributed by atoms with Gasteiger partial charge in [-0.3, -0.25) is 0 Å². The van der Waals surface area contributed by atoms with E-state index in [9.17, 15) is 0 Å². The van der Waals surface area contributed by atoms with Crippen LogP contribution in [-0.4, -0.2) is 4.98 Å². The van der Waals surface area contributed by atoms with Gasteiger partial charge >= 0.3 is 0 Å². The van der Waals surface area contributed by atoms with Crippen LogP contribution in [0.3, 0.4) is 0 Å². The predicted molar refractivity (Wildman–Crippen MR) is 68.7 cm³/mol. The fourth-order valence-corrected chi connectivity index (χ4v) is 2.40. The smallest absolute Gasteiger partial charge is 0.123 e. The maximum atomic E-state index is 5.71. The topological polar surface area (TPSA) is 38.9 Å². The number of aromatic nitrogens is 1. The number of rotatable bonds is 1. The van der Waals surface area contributed by atoms with Crippen LogP contribution in [0.2, 0.25) is 0 Å². The molecule has 0 saturated carbocycles. The largest absolute Gasteiger partial charge is 0.398 e. The molecule has 78 valence electrons. The van der Waals surface area contributed by atoms with Crippen molar-refractivity contribution in [3.05, 3.63) is 28.8 Å². The van der Waals surface area contributed by atoms with E-state index in [1.54, 1.807) is 11.3 Å². The number of thiazole rings is 1. The third-order valence-corrected chi connectivity index (χ3v) is 3.82. The van der Waals surface area contributed by atoms with Gasteiger partial charge in [-0.25, -0.2) is 4.98 Å². The van der Waals surface area contributed by atoms with E-state index >= 15 is 0 Å². The Morgan fingerprint density at radius 2 is 2.07 bits per heavy atom. The van der Waals surface area contributed by atoms with Crippen LogP contribution >= 0.6 is 24.0 Å². The van der Waals surface area contributed by atoms with E-state index in [4.69, 9.17) is 5.73 Å². The van der Waals surface area contributed by atoms with Crippen LogP contribution in [0, 0.1) is 13.8 Å². The highest BCUT2D eigenvalue weighted by Gasteiger charge is 2.07. The maximum Gasteiger partial charge on any atom is 0.123 e. The first-order valence-corrected chi connectivity index (χ1v) is 5.87. The van der Waals surface area contributed by atoms with Crippen LogP contribution in [0.5, 0.6) is 0 Å². The van der Waals surface area contributed by atoms with Gasteiger partial charge in [0.25, 0.3) is 0 Å². The highest BCUT2D eigenvalue weighted by Crippen LogP contribution is 2.30. The molecule has 0 atom stereocenters. The van der Waals surface area contributed by atoms with Crippen LogP contribution in [0.15, 0.2) is 23.1 Å². The first-order chi connectivity index (χ1) is 7.08. The van der Waals surface area contributed by atoms with E-state index in [0.29, 0.717) is 5.69 Å². The van der Waals surface area contributed by atoms with Crippen LogP contribution in [-0.2, 0) is 0 Å². The lowest BCUT2D eigenvalue weighted by atomic mass is 10.2. The molecule has 1 aromatic carbocycles. The van der Waals surface area contributed by atoms with Crippen molar-refractivity contribution in [1.29, 1.82) is 0 Å². The second-order valence-corrected chi connectivity index (χ2v) is 5.12. The van der Waals surface area contributed by atoms with Crippen molar-refractivity contribution in [2.75, 3.05) is 5.73 Å². The molecule has 0 saturated heterocycles. The number of aryl methyl sites for hydroxylation is 2. The summed E-state index contributed by atoms with van der Waals surface area (Å²) in [6.45, 7) is 4.10. The van der Waals surface area contributed by atoms with Gasteiger partial charge in [-0.2, -0.15) is 0 Å². The Balaban J connectivity index is 2.49. The highest BCUT2D eigenvalue weighted by atomic mass is 32.1. The van der Waals surface area contributed by atoms with Gasteiger partial charge in [-0.15, -0.1) is 24.0 Å². The quantitative estimate of drug-likeness (QED) is 0.589. The van der Waals surface area contributed by atoms with Gasteiger partial charge in [0.15, 0.2) is 0 Å². The number of anilines is 1. The molecule has 0 amide bonds. The van der Waals surface area contributed by atoms with Crippen LogP contribution in [0.1, 0.15) is 10.6 Å². The minimum atomic E-state index is 0.701. The summed E-state index contributed by atoms with van der Waals surface area (Å²) < 4.78 is 0. The summed E-state index contributed by atoms with van der Waals surface area (Å²) in [6, 6.07) is 5.80. The number of hydrogen-bond acceptors (Lipinski definition) is 4. The van der Waals surface area contributed by atoms with Crippen molar-refractivity contribution in [2.45, 2.75) is 18.7 Å². The molecular formula is C11H12N2S2. The molecule has 2 nitrogen and oxygen atoms in total. The van der Waals surface area contributed by atoms with Crippen LogP contribution < -0.4 is 5.73 Å². The maximum absolute atomic E-state index is 5.71. The number of hydrogen-bond donors (Lipinski definition) is 2. The minimum Gasteiger partial charge on any atom is -0.398 e. The monoisotopic (exact) mass is 236 g/mol. The molecule has 1 aromatic heterocycles. The van der Waals surface area contributed by atoms with Gasteiger partial charge in [-0.05, 0) is 32.0 Å². The molecule has 2 aromatic rings. The average molecular weight is 236 g/mol. The molecule has 0 aliphatic rings. The number of nitrogens with zero attached hydrogens (tertiary/aromatic N) is 1. The molecule has 0 radical (unpaired) electrons. The van der Waals surface area contributed by atoms with E-state index in [1.165, 1.54) is 4.88 Å². The average Bonchev–Trinajstić information content (AvgIpc) is 2.52. The van der Waals surface area contributed by atoms with Crippen LogP contribution in [0.25, 0.3) is 10.6 Å². The van der Waals surface area contributed by atoms with Gasteiger partial charge in [0.2, 0.25) is 0 Å². The molecular weight excluding hydrogens is 224 g/mol. The van der Waals surface area contributed by atoms with E-state index in [0.717, 1.165) is 21.2 Å². The number of nitrogen functional groups attached to an aromatic ring is 1. The van der Waals surface area contributed by atoms with Crippen molar-refractivity contribution >= 4 is 29.7 Å². The summed E-state index contributed by atoms with van der Waals surface area (Å²) in [5.74, 6) is 0. The lowest BCUT2D eigenvalue weighted by molar-refractivity contribution is 1.23. The summed E-state index contributed by atoms with van der Waals surface area (Å²) in [7, 11) is 0. The molecule has 0 aliphatic carbocycles. The zero-order valence-corrected chi connectivity index (χ0v) is 10.3. The van der Waals surface area contributed by atoms with Crippen molar-refractivity contribution < 1.29 is 0 Å². The third kappa shape index (κ3) is 2.01. The summed E-state index contributed by atoms with van der Waals surface area (Å²) >= 11 is 6.00. The molecule has 0 unspecified atom stereocenters. The molecule has 2 rings (SSSR count). The Kier molecular flexibility index (Phi) is 2.71. The zero-order chi connectivity index (χ0) is 11.0. The fourth-order valence-electron chi connectivity index (χ4n) is 1.27. The van der Waals surface area contributed by atoms with Gasteiger partial charge in [0.1, 0.15) is 5.01 Å². The first kappa shape index (κ1) is 10.5. The van der Waals surface area contributed by atoms with Crippen LogP contribution in [0.4, 0.5) is 5.69 Å². The Morgan fingerprint density at radius 1 is 1.33 bits per heavy atom. The van der Waals surface area contributed by atoms with Crippen molar-refractivity contribution in [1.82, 2.24) is 4.98 Å². The predicted octanol–water partition coefficient (Wildman–Crippen LogP) is 3.30. The molecule has 1 heterocycles. The first-order valence-electron chi connectivity index (χ1n) is 4.61. The third-order valence-electron chi connectivity index (χ3n) is 2.31. The Hall–Kier alpha value is -1.00. The van der Waals surface area contributed by atoms with Crippen molar-refractivity contribution in [3.8, 4) is 10.6 Å². The summed E-state index contributed by atoms with van der Waals surface area (Å²) in [5.41, 5.74) is 8.58. The number of benzene rings is 1. The summed E-state index contributed by atoms with van der Waals surface area (Å²) in [5, 5.41) is 1.03. The summed E-state index contributed by atoms with van der Waals surface area (Å²) in [6.07, 6.45) is 0. The molecule has 0 aliphatic heterocycles. The molecule has 0 spiro atoms. The van der Waals surface area contributed by atoms with E-state index in [2.05, 4.69) is 24.5 Å². The fraction of sp³-hybridized carbons (Fsp3) is 0.182. The normalized spacial score (nSPS) is 10.6. The number of nitrogens with two attached hydrogens (primary N) is 1. The second kappa shape index (κ2) is 3.87. The SMILES string of the molecule is Cc1nc(-c2ccc(N)c(S)c2)sc1C. The second-order valence-electron chi connectivity index (χ2n) is 3.43. The minimum absolute atomic E-state index is 0.701. The van der Waals surface area contributed by atoms with Gasteiger partial charge in [-0.1, -0.05) is 0 Å². The standard InChI is InChI=1S/C11H12N2S2/c1-6-7(2)15-11(13-6)8-3-4-9(12)10(14)5-8/h3-5,14H,12H2,1-2H3. The zero-order valence-electron chi connectivity index (χ0n) is 8.61. The van der Waals surface area contributed by atoms with E-state index < -0.39 is 0 Å². The lowest BCUT2D eigenvalue weighted by Gasteiger charge is -2.00. The van der Waals surface area contributed by atoms with Gasteiger partial charge < -0.3 is 5.73 Å². The number of thiol groups is 1. The molecule has 15 heavy (non-hydrogen) atoms. The summed E-state index contributed by atoms with van der Waals surface area (Å²) in [4.78, 5) is 6.55. The Bertz CT molecular complexity index is 484. The highest BCUT2D eigenvalue weighted by molar-refractivity contribution is 7.80. The van der Waals surface area contributed by atoms with E-state index in [1.807, 2.05) is 25.1 Å². The lowest BCUT2D eigenvalue weighted by Crippen LogP contribution is -1.87. The molecule has 2 N–H and O–H groups in total. The van der Waals surface area contributed by atoms with E-state index in [-0.39, 0.29) is 0 Å². The molecule has 0 bridgehead atoms.